The lowest BCUT2D eigenvalue weighted by atomic mass is 10.2. The van der Waals surface area contributed by atoms with Gasteiger partial charge in [0, 0.05) is 6.54 Å². The van der Waals surface area contributed by atoms with Crippen molar-refractivity contribution in [3.63, 3.8) is 0 Å². The molecule has 1 fully saturated rings. The molecule has 62 valence electrons. The molecule has 0 saturated carbocycles. The van der Waals surface area contributed by atoms with E-state index in [2.05, 4.69) is 0 Å². The number of carbonyl (C=O) groups is 1. The van der Waals surface area contributed by atoms with Crippen molar-refractivity contribution >= 4 is 6.09 Å². The lowest BCUT2D eigenvalue weighted by Crippen LogP contribution is -2.06. The van der Waals surface area contributed by atoms with E-state index in [0.29, 0.717) is 6.54 Å². The molecule has 0 aromatic heterocycles. The van der Waals surface area contributed by atoms with Gasteiger partial charge in [-0.25, -0.2) is 4.79 Å². The summed E-state index contributed by atoms with van der Waals surface area (Å²) in [5.74, 6) is 0. The summed E-state index contributed by atoms with van der Waals surface area (Å²) >= 11 is 0. The SMILES string of the molecule is O=C(O)N1CC1c1ccccc1. The van der Waals surface area contributed by atoms with Gasteiger partial charge in [0.1, 0.15) is 0 Å². The fourth-order valence-electron chi connectivity index (χ4n) is 1.31. The van der Waals surface area contributed by atoms with Crippen LogP contribution >= 0.6 is 0 Å². The van der Waals surface area contributed by atoms with Crippen molar-refractivity contribution in [2.75, 3.05) is 6.54 Å². The Kier molecular flexibility index (Phi) is 1.50. The molecular weight excluding hydrogens is 154 g/mol. The second kappa shape index (κ2) is 2.52. The molecule has 0 aliphatic carbocycles. The first kappa shape index (κ1) is 7.16. The van der Waals surface area contributed by atoms with Gasteiger partial charge in [-0.2, -0.15) is 0 Å². The van der Waals surface area contributed by atoms with Crippen LogP contribution in [0.2, 0.25) is 0 Å². The van der Waals surface area contributed by atoms with Crippen molar-refractivity contribution in [1.82, 2.24) is 4.90 Å². The van der Waals surface area contributed by atoms with Gasteiger partial charge < -0.3 is 5.11 Å². The van der Waals surface area contributed by atoms with E-state index >= 15 is 0 Å². The average Bonchev–Trinajstić information content (AvgIpc) is 2.84. The van der Waals surface area contributed by atoms with Crippen LogP contribution in [0, 0.1) is 0 Å². The van der Waals surface area contributed by atoms with E-state index in [9.17, 15) is 4.79 Å². The fourth-order valence-corrected chi connectivity index (χ4v) is 1.31. The number of hydrogen-bond acceptors (Lipinski definition) is 1. The second-order valence-corrected chi connectivity index (χ2v) is 2.86. The Balaban J connectivity index is 2.11. The van der Waals surface area contributed by atoms with Gasteiger partial charge in [-0.15, -0.1) is 0 Å². The minimum atomic E-state index is -0.830. The highest BCUT2D eigenvalue weighted by molar-refractivity contribution is 5.69. The Hall–Kier alpha value is -1.51. The maximum Gasteiger partial charge on any atom is 0.407 e. The summed E-state index contributed by atoms with van der Waals surface area (Å²) in [5.41, 5.74) is 1.08. The van der Waals surface area contributed by atoms with E-state index in [0.717, 1.165) is 5.56 Å². The first-order valence-electron chi connectivity index (χ1n) is 3.83. The summed E-state index contributed by atoms with van der Waals surface area (Å²) in [4.78, 5) is 11.9. The lowest BCUT2D eigenvalue weighted by Gasteiger charge is -1.97. The predicted molar refractivity (Wildman–Crippen MR) is 43.9 cm³/mol. The maximum atomic E-state index is 10.5. The molecule has 1 N–H and O–H groups in total. The molecule has 3 nitrogen and oxygen atoms in total. The predicted octanol–water partition coefficient (Wildman–Crippen LogP) is 1.72. The van der Waals surface area contributed by atoms with E-state index < -0.39 is 6.09 Å². The first-order chi connectivity index (χ1) is 5.79. The smallest absolute Gasteiger partial charge is 0.407 e. The highest BCUT2D eigenvalue weighted by atomic mass is 16.4. The van der Waals surface area contributed by atoms with Crippen molar-refractivity contribution in [2.24, 2.45) is 0 Å². The topological polar surface area (TPSA) is 40.3 Å². The third-order valence-corrected chi connectivity index (χ3v) is 2.04. The third kappa shape index (κ3) is 1.13. The van der Waals surface area contributed by atoms with Crippen molar-refractivity contribution in [1.29, 1.82) is 0 Å². The summed E-state index contributed by atoms with van der Waals surface area (Å²) in [7, 11) is 0. The third-order valence-electron chi connectivity index (χ3n) is 2.04. The number of hydrogen-bond donors (Lipinski definition) is 1. The standard InChI is InChI=1S/C9H9NO2/c11-9(12)10-6-8(10)7-4-2-1-3-5-7/h1-5,8H,6H2,(H,11,12). The highest BCUT2D eigenvalue weighted by Gasteiger charge is 2.39. The van der Waals surface area contributed by atoms with E-state index in [-0.39, 0.29) is 6.04 Å². The molecule has 0 spiro atoms. The minimum absolute atomic E-state index is 0.101. The first-order valence-corrected chi connectivity index (χ1v) is 3.83. The van der Waals surface area contributed by atoms with Crippen molar-refractivity contribution in [2.45, 2.75) is 6.04 Å². The van der Waals surface area contributed by atoms with E-state index in [1.165, 1.54) is 4.90 Å². The van der Waals surface area contributed by atoms with Gasteiger partial charge in [-0.3, -0.25) is 4.90 Å². The molecule has 1 aromatic rings. The van der Waals surface area contributed by atoms with Crippen LogP contribution in [0.4, 0.5) is 4.79 Å². The van der Waals surface area contributed by atoms with E-state index in [4.69, 9.17) is 5.11 Å². The fraction of sp³-hybridized carbons (Fsp3) is 0.222. The Morgan fingerprint density at radius 2 is 2.08 bits per heavy atom. The summed E-state index contributed by atoms with van der Waals surface area (Å²) in [6.07, 6.45) is -0.830. The Morgan fingerprint density at radius 1 is 1.42 bits per heavy atom. The zero-order valence-electron chi connectivity index (χ0n) is 6.47. The summed E-state index contributed by atoms with van der Waals surface area (Å²) in [6.45, 7) is 0.638. The summed E-state index contributed by atoms with van der Waals surface area (Å²) in [5, 5.41) is 8.61. The average molecular weight is 163 g/mol. The number of rotatable bonds is 1. The molecule has 1 saturated heterocycles. The molecule has 1 aromatic carbocycles. The van der Waals surface area contributed by atoms with Crippen molar-refractivity contribution in [3.05, 3.63) is 35.9 Å². The molecule has 0 radical (unpaired) electrons. The Labute approximate surface area is 70.2 Å². The number of nitrogens with zero attached hydrogens (tertiary/aromatic N) is 1. The van der Waals surface area contributed by atoms with Crippen LogP contribution in [-0.4, -0.2) is 22.6 Å². The van der Waals surface area contributed by atoms with Crippen molar-refractivity contribution < 1.29 is 9.90 Å². The van der Waals surface area contributed by atoms with Crippen LogP contribution < -0.4 is 0 Å². The molecule has 0 bridgehead atoms. The van der Waals surface area contributed by atoms with Crippen LogP contribution in [0.5, 0.6) is 0 Å². The largest absolute Gasteiger partial charge is 0.465 e. The highest BCUT2D eigenvalue weighted by Crippen LogP contribution is 2.33. The number of carboxylic acid groups (broad SMARTS) is 1. The van der Waals surface area contributed by atoms with Crippen molar-refractivity contribution in [3.8, 4) is 0 Å². The van der Waals surface area contributed by atoms with Gasteiger partial charge >= 0.3 is 6.09 Å². The molecular formula is C9H9NO2. The maximum absolute atomic E-state index is 10.5. The number of benzene rings is 1. The molecule has 1 atom stereocenters. The molecule has 2 rings (SSSR count). The Bertz CT molecular complexity index is 297. The molecule has 1 aliphatic heterocycles. The minimum Gasteiger partial charge on any atom is -0.465 e. The van der Waals surface area contributed by atoms with Crippen LogP contribution in [-0.2, 0) is 0 Å². The molecule has 12 heavy (non-hydrogen) atoms. The summed E-state index contributed by atoms with van der Waals surface area (Å²) < 4.78 is 0. The van der Waals surface area contributed by atoms with Gasteiger partial charge in [0.05, 0.1) is 6.04 Å². The molecule has 3 heteroatoms. The molecule has 1 aliphatic rings. The zero-order valence-corrected chi connectivity index (χ0v) is 6.47. The normalized spacial score (nSPS) is 20.7. The monoisotopic (exact) mass is 163 g/mol. The second-order valence-electron chi connectivity index (χ2n) is 2.86. The number of amides is 1. The van der Waals surface area contributed by atoms with Gasteiger partial charge in [-0.05, 0) is 5.56 Å². The van der Waals surface area contributed by atoms with Crippen LogP contribution in [0.15, 0.2) is 30.3 Å². The summed E-state index contributed by atoms with van der Waals surface area (Å²) in [6, 6.07) is 9.78. The van der Waals surface area contributed by atoms with Gasteiger partial charge in [0.2, 0.25) is 0 Å². The van der Waals surface area contributed by atoms with Crippen LogP contribution in [0.25, 0.3) is 0 Å². The van der Waals surface area contributed by atoms with Gasteiger partial charge in [0.25, 0.3) is 0 Å². The van der Waals surface area contributed by atoms with Gasteiger partial charge in [0.15, 0.2) is 0 Å². The molecule has 1 amide bonds. The molecule has 1 heterocycles. The quantitative estimate of drug-likeness (QED) is 0.640. The van der Waals surface area contributed by atoms with Crippen LogP contribution in [0.3, 0.4) is 0 Å². The van der Waals surface area contributed by atoms with E-state index in [1.54, 1.807) is 0 Å². The van der Waals surface area contributed by atoms with Gasteiger partial charge in [-0.1, -0.05) is 30.3 Å². The van der Waals surface area contributed by atoms with E-state index in [1.807, 2.05) is 30.3 Å². The van der Waals surface area contributed by atoms with Crippen LogP contribution in [0.1, 0.15) is 11.6 Å². The molecule has 1 unspecified atom stereocenters. The zero-order chi connectivity index (χ0) is 8.55. The Morgan fingerprint density at radius 3 is 2.58 bits per heavy atom. The lowest BCUT2D eigenvalue weighted by molar-refractivity contribution is 0.176.